The van der Waals surface area contributed by atoms with Gasteiger partial charge in [-0.1, -0.05) is 58.7 Å². The SMILES string of the molecule is CCCC(C)C(C)C(C)CCCOS(=O)(=O)c1ccccc1. The van der Waals surface area contributed by atoms with Crippen LogP contribution in [0.4, 0.5) is 0 Å². The lowest BCUT2D eigenvalue weighted by molar-refractivity contribution is 0.230. The van der Waals surface area contributed by atoms with Gasteiger partial charge < -0.3 is 0 Å². The largest absolute Gasteiger partial charge is 0.296 e. The van der Waals surface area contributed by atoms with Gasteiger partial charge in [0.15, 0.2) is 0 Å². The van der Waals surface area contributed by atoms with Crippen LogP contribution < -0.4 is 0 Å². The maximum absolute atomic E-state index is 12.0. The van der Waals surface area contributed by atoms with Crippen LogP contribution in [0.25, 0.3) is 0 Å². The first-order valence-corrected chi connectivity index (χ1v) is 9.73. The lowest BCUT2D eigenvalue weighted by Gasteiger charge is -2.26. The fourth-order valence-corrected chi connectivity index (χ4v) is 3.73. The molecule has 0 bridgehead atoms. The topological polar surface area (TPSA) is 43.4 Å². The summed E-state index contributed by atoms with van der Waals surface area (Å²) in [6.45, 7) is 9.34. The van der Waals surface area contributed by atoms with E-state index in [0.717, 1.165) is 12.8 Å². The van der Waals surface area contributed by atoms with Gasteiger partial charge in [0.05, 0.1) is 11.5 Å². The molecule has 1 aromatic carbocycles. The van der Waals surface area contributed by atoms with Crippen molar-refractivity contribution in [3.63, 3.8) is 0 Å². The predicted octanol–water partition coefficient (Wildman–Crippen LogP) is 4.88. The number of hydrogen-bond donors (Lipinski definition) is 0. The van der Waals surface area contributed by atoms with Gasteiger partial charge in [0.25, 0.3) is 10.1 Å². The lowest BCUT2D eigenvalue weighted by Crippen LogP contribution is -2.17. The second-order valence-electron chi connectivity index (χ2n) is 6.33. The molecule has 0 radical (unpaired) electrons. The standard InChI is InChI=1S/C18H30O3S/c1-5-10-15(2)17(4)16(3)11-9-14-21-22(19,20)18-12-7-6-8-13-18/h6-8,12-13,15-17H,5,9-11,14H2,1-4H3. The van der Waals surface area contributed by atoms with Crippen molar-refractivity contribution in [3.05, 3.63) is 30.3 Å². The highest BCUT2D eigenvalue weighted by Crippen LogP contribution is 2.27. The van der Waals surface area contributed by atoms with E-state index < -0.39 is 10.1 Å². The van der Waals surface area contributed by atoms with E-state index in [1.807, 2.05) is 0 Å². The Balaban J connectivity index is 2.36. The van der Waals surface area contributed by atoms with E-state index in [2.05, 4.69) is 27.7 Å². The molecule has 3 nitrogen and oxygen atoms in total. The van der Waals surface area contributed by atoms with Crippen LogP contribution in [0.1, 0.15) is 53.4 Å². The summed E-state index contributed by atoms with van der Waals surface area (Å²) >= 11 is 0. The molecule has 4 heteroatoms. The molecule has 126 valence electrons. The molecule has 0 saturated carbocycles. The molecule has 0 amide bonds. The quantitative estimate of drug-likeness (QED) is 0.454. The molecule has 0 aliphatic rings. The van der Waals surface area contributed by atoms with Gasteiger partial charge in [0, 0.05) is 0 Å². The Morgan fingerprint density at radius 2 is 1.59 bits per heavy atom. The molecule has 1 rings (SSSR count). The highest BCUT2D eigenvalue weighted by Gasteiger charge is 2.19. The van der Waals surface area contributed by atoms with E-state index in [1.54, 1.807) is 30.3 Å². The summed E-state index contributed by atoms with van der Waals surface area (Å²) in [6, 6.07) is 8.32. The van der Waals surface area contributed by atoms with E-state index in [-0.39, 0.29) is 11.5 Å². The Morgan fingerprint density at radius 3 is 2.18 bits per heavy atom. The van der Waals surface area contributed by atoms with Crippen molar-refractivity contribution >= 4 is 10.1 Å². The summed E-state index contributed by atoms with van der Waals surface area (Å²) in [5.74, 6) is 1.96. The zero-order chi connectivity index (χ0) is 16.6. The highest BCUT2D eigenvalue weighted by molar-refractivity contribution is 7.86. The number of benzene rings is 1. The first kappa shape index (κ1) is 19.2. The van der Waals surface area contributed by atoms with Crippen LogP contribution in [-0.4, -0.2) is 15.0 Å². The third-order valence-corrected chi connectivity index (χ3v) is 5.94. The second-order valence-corrected chi connectivity index (χ2v) is 7.95. The molecule has 0 spiro atoms. The van der Waals surface area contributed by atoms with Crippen LogP contribution in [0, 0.1) is 17.8 Å². The van der Waals surface area contributed by atoms with Crippen LogP contribution >= 0.6 is 0 Å². The van der Waals surface area contributed by atoms with Gasteiger partial charge >= 0.3 is 0 Å². The van der Waals surface area contributed by atoms with Crippen LogP contribution in [0.2, 0.25) is 0 Å². The van der Waals surface area contributed by atoms with Gasteiger partial charge in [-0.15, -0.1) is 0 Å². The zero-order valence-electron chi connectivity index (χ0n) is 14.3. The van der Waals surface area contributed by atoms with Gasteiger partial charge in [-0.05, 0) is 42.7 Å². The van der Waals surface area contributed by atoms with Crippen LogP contribution in [0.15, 0.2) is 35.2 Å². The molecule has 3 atom stereocenters. The third kappa shape index (κ3) is 6.09. The van der Waals surface area contributed by atoms with Crippen molar-refractivity contribution < 1.29 is 12.6 Å². The van der Waals surface area contributed by atoms with Gasteiger partial charge in [-0.2, -0.15) is 8.42 Å². The minimum absolute atomic E-state index is 0.230. The first-order chi connectivity index (χ1) is 10.4. The second kappa shape index (κ2) is 9.31. The van der Waals surface area contributed by atoms with E-state index >= 15 is 0 Å². The van der Waals surface area contributed by atoms with Crippen LogP contribution in [0.5, 0.6) is 0 Å². The molecular weight excluding hydrogens is 296 g/mol. The van der Waals surface area contributed by atoms with Crippen LogP contribution in [-0.2, 0) is 14.3 Å². The fraction of sp³-hybridized carbons (Fsp3) is 0.667. The van der Waals surface area contributed by atoms with Gasteiger partial charge in [0.2, 0.25) is 0 Å². The summed E-state index contributed by atoms with van der Waals surface area (Å²) in [7, 11) is -3.60. The maximum Gasteiger partial charge on any atom is 0.296 e. The Labute approximate surface area is 136 Å². The van der Waals surface area contributed by atoms with Crippen molar-refractivity contribution in [1.82, 2.24) is 0 Å². The van der Waals surface area contributed by atoms with E-state index in [9.17, 15) is 8.42 Å². The average molecular weight is 327 g/mol. The molecular formula is C18H30O3S. The van der Waals surface area contributed by atoms with E-state index in [0.29, 0.717) is 17.8 Å². The monoisotopic (exact) mass is 326 g/mol. The fourth-order valence-electron chi connectivity index (χ4n) is 2.77. The normalized spacial score (nSPS) is 16.2. The Morgan fingerprint density at radius 1 is 1.00 bits per heavy atom. The van der Waals surface area contributed by atoms with E-state index in [1.165, 1.54) is 12.8 Å². The van der Waals surface area contributed by atoms with Crippen molar-refractivity contribution in [2.45, 2.75) is 58.3 Å². The Bertz CT molecular complexity index is 510. The summed E-state index contributed by atoms with van der Waals surface area (Å²) in [6.07, 6.45) is 4.25. The summed E-state index contributed by atoms with van der Waals surface area (Å²) < 4.78 is 29.1. The highest BCUT2D eigenvalue weighted by atomic mass is 32.2. The molecule has 0 aromatic heterocycles. The van der Waals surface area contributed by atoms with Crippen molar-refractivity contribution in [2.24, 2.45) is 17.8 Å². The smallest absolute Gasteiger partial charge is 0.266 e. The third-order valence-electron chi connectivity index (χ3n) is 4.61. The molecule has 0 aliphatic carbocycles. The van der Waals surface area contributed by atoms with Crippen molar-refractivity contribution in [3.8, 4) is 0 Å². The molecule has 22 heavy (non-hydrogen) atoms. The van der Waals surface area contributed by atoms with E-state index in [4.69, 9.17) is 4.18 Å². The van der Waals surface area contributed by atoms with Crippen molar-refractivity contribution in [2.75, 3.05) is 6.61 Å². The zero-order valence-corrected chi connectivity index (χ0v) is 15.1. The molecule has 0 fully saturated rings. The maximum atomic E-state index is 12.0. The first-order valence-electron chi connectivity index (χ1n) is 8.33. The summed E-state index contributed by atoms with van der Waals surface area (Å²) in [5, 5.41) is 0. The average Bonchev–Trinajstić information content (AvgIpc) is 2.51. The van der Waals surface area contributed by atoms with Gasteiger partial charge in [-0.25, -0.2) is 0 Å². The molecule has 0 heterocycles. The molecule has 3 unspecified atom stereocenters. The summed E-state index contributed by atoms with van der Waals surface area (Å²) in [4.78, 5) is 0.230. The Kier molecular flexibility index (Phi) is 8.12. The van der Waals surface area contributed by atoms with Gasteiger partial charge in [0.1, 0.15) is 0 Å². The predicted molar refractivity (Wildman–Crippen MR) is 91.2 cm³/mol. The Hall–Kier alpha value is -0.870. The lowest BCUT2D eigenvalue weighted by atomic mass is 9.81. The molecule has 0 N–H and O–H groups in total. The molecule has 0 aliphatic heterocycles. The molecule has 0 saturated heterocycles. The van der Waals surface area contributed by atoms with Gasteiger partial charge in [-0.3, -0.25) is 4.18 Å². The minimum Gasteiger partial charge on any atom is -0.266 e. The van der Waals surface area contributed by atoms with Crippen molar-refractivity contribution in [1.29, 1.82) is 0 Å². The number of rotatable bonds is 10. The summed E-state index contributed by atoms with van der Waals surface area (Å²) in [5.41, 5.74) is 0. The molecule has 1 aromatic rings. The van der Waals surface area contributed by atoms with Crippen LogP contribution in [0.3, 0.4) is 0 Å². The number of hydrogen-bond acceptors (Lipinski definition) is 3. The minimum atomic E-state index is -3.60.